The van der Waals surface area contributed by atoms with E-state index in [1.807, 2.05) is 20.8 Å². The van der Waals surface area contributed by atoms with E-state index in [1.165, 1.54) is 0 Å². The Balaban J connectivity index is 2.53. The SMILES string of the molecule is CCCNC(=O)CN1C(=O)N[C@H](CC(C)C)C1=O. The molecule has 0 saturated carbocycles. The van der Waals surface area contributed by atoms with Crippen LogP contribution in [0.4, 0.5) is 4.79 Å². The molecule has 4 amide bonds. The molecule has 0 aromatic carbocycles. The monoisotopic (exact) mass is 255 g/mol. The Morgan fingerprint density at radius 3 is 2.67 bits per heavy atom. The molecule has 0 aliphatic carbocycles. The van der Waals surface area contributed by atoms with Crippen molar-refractivity contribution in [2.45, 2.75) is 39.7 Å². The minimum absolute atomic E-state index is 0.195. The first-order valence-corrected chi connectivity index (χ1v) is 6.34. The number of rotatable bonds is 6. The molecule has 1 rings (SSSR count). The molecule has 1 aliphatic rings. The maximum atomic E-state index is 11.9. The minimum Gasteiger partial charge on any atom is -0.355 e. The van der Waals surface area contributed by atoms with Gasteiger partial charge in [-0.05, 0) is 18.8 Å². The average Bonchev–Trinajstić information content (AvgIpc) is 2.53. The zero-order valence-corrected chi connectivity index (χ0v) is 11.2. The summed E-state index contributed by atoms with van der Waals surface area (Å²) < 4.78 is 0. The number of imide groups is 1. The summed E-state index contributed by atoms with van der Waals surface area (Å²) in [5.41, 5.74) is 0. The summed E-state index contributed by atoms with van der Waals surface area (Å²) in [6, 6.07) is -0.964. The highest BCUT2D eigenvalue weighted by molar-refractivity contribution is 6.06. The van der Waals surface area contributed by atoms with Gasteiger partial charge in [-0.1, -0.05) is 20.8 Å². The Morgan fingerprint density at radius 1 is 1.44 bits per heavy atom. The lowest BCUT2D eigenvalue weighted by atomic mass is 10.0. The molecule has 2 N–H and O–H groups in total. The van der Waals surface area contributed by atoms with E-state index in [4.69, 9.17) is 0 Å². The van der Waals surface area contributed by atoms with Gasteiger partial charge in [-0.3, -0.25) is 14.5 Å². The van der Waals surface area contributed by atoms with E-state index in [0.29, 0.717) is 18.9 Å². The molecule has 1 atom stereocenters. The van der Waals surface area contributed by atoms with Crippen molar-refractivity contribution >= 4 is 17.8 Å². The molecule has 1 fully saturated rings. The van der Waals surface area contributed by atoms with Crippen LogP contribution in [0.25, 0.3) is 0 Å². The predicted octanol–water partition coefficient (Wildman–Crippen LogP) is 0.479. The lowest BCUT2D eigenvalue weighted by Gasteiger charge is -2.13. The summed E-state index contributed by atoms with van der Waals surface area (Å²) in [5.74, 6) is -0.293. The molecule has 102 valence electrons. The van der Waals surface area contributed by atoms with Crippen LogP contribution in [0.1, 0.15) is 33.6 Å². The molecule has 6 heteroatoms. The van der Waals surface area contributed by atoms with Gasteiger partial charge in [0.25, 0.3) is 5.91 Å². The van der Waals surface area contributed by atoms with E-state index in [2.05, 4.69) is 10.6 Å². The first kappa shape index (κ1) is 14.5. The predicted molar refractivity (Wildman–Crippen MR) is 66.8 cm³/mol. The highest BCUT2D eigenvalue weighted by Gasteiger charge is 2.38. The standard InChI is InChI=1S/C12H21N3O3/c1-4-5-13-10(16)7-15-11(17)9(6-8(2)3)14-12(15)18/h8-9H,4-7H2,1-3H3,(H,13,16)(H,14,18)/t9-/m1/s1. The third-order valence-electron chi connectivity index (χ3n) is 2.69. The zero-order valence-electron chi connectivity index (χ0n) is 11.2. The smallest absolute Gasteiger partial charge is 0.325 e. The van der Waals surface area contributed by atoms with Crippen molar-refractivity contribution < 1.29 is 14.4 Å². The first-order chi connectivity index (χ1) is 8.45. The number of carbonyl (C=O) groups is 3. The largest absolute Gasteiger partial charge is 0.355 e. The molecule has 0 aromatic heterocycles. The third-order valence-corrected chi connectivity index (χ3v) is 2.69. The summed E-state index contributed by atoms with van der Waals surface area (Å²) in [6.07, 6.45) is 1.42. The fourth-order valence-electron chi connectivity index (χ4n) is 1.82. The van der Waals surface area contributed by atoms with Crippen molar-refractivity contribution in [3.05, 3.63) is 0 Å². The van der Waals surface area contributed by atoms with Crippen LogP contribution in [0.15, 0.2) is 0 Å². The topological polar surface area (TPSA) is 78.5 Å². The van der Waals surface area contributed by atoms with Gasteiger partial charge < -0.3 is 10.6 Å². The minimum atomic E-state index is -0.489. The average molecular weight is 255 g/mol. The Bertz CT molecular complexity index is 341. The van der Waals surface area contributed by atoms with Gasteiger partial charge in [0.15, 0.2) is 0 Å². The van der Waals surface area contributed by atoms with Crippen LogP contribution in [0.2, 0.25) is 0 Å². The van der Waals surface area contributed by atoms with E-state index < -0.39 is 12.1 Å². The molecule has 0 unspecified atom stereocenters. The van der Waals surface area contributed by atoms with Gasteiger partial charge in [0.2, 0.25) is 5.91 Å². The second kappa shape index (κ2) is 6.37. The van der Waals surface area contributed by atoms with E-state index in [9.17, 15) is 14.4 Å². The lowest BCUT2D eigenvalue weighted by molar-refractivity contribution is -0.132. The number of hydrogen-bond donors (Lipinski definition) is 2. The lowest BCUT2D eigenvalue weighted by Crippen LogP contribution is -2.41. The van der Waals surface area contributed by atoms with E-state index in [-0.39, 0.29) is 18.4 Å². The van der Waals surface area contributed by atoms with E-state index in [1.54, 1.807) is 0 Å². The number of urea groups is 1. The van der Waals surface area contributed by atoms with Gasteiger partial charge >= 0.3 is 6.03 Å². The third kappa shape index (κ3) is 3.72. The number of carbonyl (C=O) groups excluding carboxylic acids is 3. The Labute approximate surface area is 107 Å². The van der Waals surface area contributed by atoms with Crippen LogP contribution in [0, 0.1) is 5.92 Å². The molecule has 6 nitrogen and oxygen atoms in total. The molecule has 0 bridgehead atoms. The van der Waals surface area contributed by atoms with Crippen LogP contribution < -0.4 is 10.6 Å². The van der Waals surface area contributed by atoms with Crippen molar-refractivity contribution in [1.29, 1.82) is 0 Å². The Hall–Kier alpha value is -1.59. The number of nitrogens with zero attached hydrogens (tertiary/aromatic N) is 1. The first-order valence-electron chi connectivity index (χ1n) is 6.34. The number of amides is 4. The summed E-state index contributed by atoms with van der Waals surface area (Å²) >= 11 is 0. The Kier molecular flexibility index (Phi) is 5.12. The van der Waals surface area contributed by atoms with Gasteiger partial charge in [0.1, 0.15) is 12.6 Å². The molecule has 18 heavy (non-hydrogen) atoms. The van der Waals surface area contributed by atoms with Gasteiger partial charge in [-0.25, -0.2) is 4.79 Å². The molecule has 1 heterocycles. The Morgan fingerprint density at radius 2 is 2.11 bits per heavy atom. The van der Waals surface area contributed by atoms with Crippen molar-refractivity contribution in [2.24, 2.45) is 5.92 Å². The maximum Gasteiger partial charge on any atom is 0.325 e. The number of hydrogen-bond acceptors (Lipinski definition) is 3. The van der Waals surface area contributed by atoms with Crippen LogP contribution in [0.3, 0.4) is 0 Å². The summed E-state index contributed by atoms with van der Waals surface area (Å²) in [5, 5.41) is 5.25. The highest BCUT2D eigenvalue weighted by atomic mass is 16.2. The second-order valence-corrected chi connectivity index (χ2v) is 4.91. The van der Waals surface area contributed by atoms with Gasteiger partial charge in [-0.15, -0.1) is 0 Å². The molecule has 1 aliphatic heterocycles. The zero-order chi connectivity index (χ0) is 13.7. The van der Waals surface area contributed by atoms with Crippen molar-refractivity contribution in [1.82, 2.24) is 15.5 Å². The summed E-state index contributed by atoms with van der Waals surface area (Å²) in [7, 11) is 0. The summed E-state index contributed by atoms with van der Waals surface area (Å²) in [4.78, 5) is 36.0. The second-order valence-electron chi connectivity index (χ2n) is 4.91. The maximum absolute atomic E-state index is 11.9. The van der Waals surface area contributed by atoms with Crippen LogP contribution >= 0.6 is 0 Å². The van der Waals surface area contributed by atoms with Crippen LogP contribution in [-0.2, 0) is 9.59 Å². The molecule has 0 aromatic rings. The van der Waals surface area contributed by atoms with E-state index >= 15 is 0 Å². The molecule has 0 spiro atoms. The fourth-order valence-corrected chi connectivity index (χ4v) is 1.82. The van der Waals surface area contributed by atoms with Crippen molar-refractivity contribution in [3.8, 4) is 0 Å². The quantitative estimate of drug-likeness (QED) is 0.678. The summed E-state index contributed by atoms with van der Waals surface area (Å²) in [6.45, 7) is 6.26. The highest BCUT2D eigenvalue weighted by Crippen LogP contribution is 2.13. The molecule has 1 saturated heterocycles. The fraction of sp³-hybridized carbons (Fsp3) is 0.750. The molecular formula is C12H21N3O3. The van der Waals surface area contributed by atoms with Crippen LogP contribution in [-0.4, -0.2) is 41.9 Å². The van der Waals surface area contributed by atoms with Crippen LogP contribution in [0.5, 0.6) is 0 Å². The van der Waals surface area contributed by atoms with Gasteiger partial charge in [-0.2, -0.15) is 0 Å². The van der Waals surface area contributed by atoms with Gasteiger partial charge in [0.05, 0.1) is 0 Å². The number of nitrogens with one attached hydrogen (secondary N) is 2. The van der Waals surface area contributed by atoms with Crippen molar-refractivity contribution in [3.63, 3.8) is 0 Å². The van der Waals surface area contributed by atoms with E-state index in [0.717, 1.165) is 11.3 Å². The molecule has 0 radical (unpaired) electrons. The van der Waals surface area contributed by atoms with Gasteiger partial charge in [0, 0.05) is 6.54 Å². The van der Waals surface area contributed by atoms with Crippen molar-refractivity contribution in [2.75, 3.05) is 13.1 Å². The molecular weight excluding hydrogens is 234 g/mol. The normalized spacial score (nSPS) is 19.3.